The molecule has 0 radical (unpaired) electrons. The van der Waals surface area contributed by atoms with Gasteiger partial charge in [-0.1, -0.05) is 51.2 Å². The molecule has 0 saturated carbocycles. The molecule has 0 aliphatic heterocycles. The lowest BCUT2D eigenvalue weighted by Crippen LogP contribution is -1.86. The van der Waals surface area contributed by atoms with E-state index in [1.807, 2.05) is 18.2 Å². The molecule has 0 unspecified atom stereocenters. The van der Waals surface area contributed by atoms with Gasteiger partial charge in [0.05, 0.1) is 0 Å². The topological polar surface area (TPSA) is 32.6 Å². The fraction of sp³-hybridized carbons (Fsp3) is 0.533. The van der Waals surface area contributed by atoms with Crippen LogP contribution in [0.25, 0.3) is 0 Å². The molecular formula is C15H23NO. The van der Waals surface area contributed by atoms with Crippen molar-refractivity contribution in [2.45, 2.75) is 45.4 Å². The van der Waals surface area contributed by atoms with Crippen molar-refractivity contribution in [1.29, 1.82) is 0 Å². The maximum Gasteiger partial charge on any atom is 0.124 e. The van der Waals surface area contributed by atoms with E-state index in [1.54, 1.807) is 12.3 Å². The molecule has 2 nitrogen and oxygen atoms in total. The number of unbranched alkanes of at least 4 members (excludes halogenated alkanes) is 5. The molecule has 0 heterocycles. The standard InChI is InChI=1S/C15H23NO/c1-2-3-4-5-6-9-12-16-13-14-10-7-8-11-15(14)17/h7-8,10-11,13,17H,2-6,9,12H2,1H3. The summed E-state index contributed by atoms with van der Waals surface area (Å²) in [4.78, 5) is 4.34. The van der Waals surface area contributed by atoms with E-state index in [-0.39, 0.29) is 0 Å². The van der Waals surface area contributed by atoms with Gasteiger partial charge >= 0.3 is 0 Å². The summed E-state index contributed by atoms with van der Waals surface area (Å²) in [5.41, 5.74) is 0.804. The molecule has 0 amide bonds. The first-order valence-electron chi connectivity index (χ1n) is 6.62. The van der Waals surface area contributed by atoms with Crippen LogP contribution in [0, 0.1) is 0 Å². The molecule has 1 aromatic carbocycles. The van der Waals surface area contributed by atoms with Crippen LogP contribution in [0.4, 0.5) is 0 Å². The molecule has 2 heteroatoms. The predicted octanol–water partition coefficient (Wildman–Crippen LogP) is 4.17. The van der Waals surface area contributed by atoms with Crippen molar-refractivity contribution < 1.29 is 5.11 Å². The molecule has 17 heavy (non-hydrogen) atoms. The third-order valence-electron chi connectivity index (χ3n) is 2.81. The quantitative estimate of drug-likeness (QED) is 0.530. The Balaban J connectivity index is 2.12. The van der Waals surface area contributed by atoms with Gasteiger partial charge in [0.2, 0.25) is 0 Å². The van der Waals surface area contributed by atoms with Gasteiger partial charge in [0, 0.05) is 18.3 Å². The third-order valence-corrected chi connectivity index (χ3v) is 2.81. The average molecular weight is 233 g/mol. The summed E-state index contributed by atoms with van der Waals surface area (Å²) in [6, 6.07) is 7.29. The van der Waals surface area contributed by atoms with Gasteiger partial charge in [-0.2, -0.15) is 0 Å². The number of nitrogens with zero attached hydrogens (tertiary/aromatic N) is 1. The maximum absolute atomic E-state index is 9.52. The van der Waals surface area contributed by atoms with Crippen LogP contribution in [-0.4, -0.2) is 17.9 Å². The number of phenols is 1. The first-order valence-corrected chi connectivity index (χ1v) is 6.62. The van der Waals surface area contributed by atoms with Gasteiger partial charge in [-0.3, -0.25) is 4.99 Å². The van der Waals surface area contributed by atoms with Gasteiger partial charge in [-0.15, -0.1) is 0 Å². The molecule has 1 N–H and O–H groups in total. The Hall–Kier alpha value is -1.31. The summed E-state index contributed by atoms with van der Waals surface area (Å²) >= 11 is 0. The van der Waals surface area contributed by atoms with Crippen LogP contribution in [0.1, 0.15) is 51.0 Å². The van der Waals surface area contributed by atoms with Gasteiger partial charge in [0.25, 0.3) is 0 Å². The van der Waals surface area contributed by atoms with E-state index in [1.165, 1.54) is 32.1 Å². The number of rotatable bonds is 8. The zero-order valence-corrected chi connectivity index (χ0v) is 10.7. The summed E-state index contributed by atoms with van der Waals surface area (Å²) in [7, 11) is 0. The van der Waals surface area contributed by atoms with Crippen molar-refractivity contribution in [1.82, 2.24) is 0 Å². The van der Waals surface area contributed by atoms with Gasteiger partial charge in [0.1, 0.15) is 5.75 Å². The molecule has 0 atom stereocenters. The number of aromatic hydroxyl groups is 1. The van der Waals surface area contributed by atoms with Crippen LogP contribution in [0.5, 0.6) is 5.75 Å². The van der Waals surface area contributed by atoms with Crippen molar-refractivity contribution in [3.8, 4) is 5.75 Å². The fourth-order valence-electron chi connectivity index (χ4n) is 1.74. The normalized spacial score (nSPS) is 11.1. The minimum absolute atomic E-state index is 0.305. The Morgan fingerprint density at radius 2 is 1.76 bits per heavy atom. The monoisotopic (exact) mass is 233 g/mol. The molecule has 1 aromatic rings. The van der Waals surface area contributed by atoms with E-state index >= 15 is 0 Å². The van der Waals surface area contributed by atoms with E-state index in [0.29, 0.717) is 5.75 Å². The predicted molar refractivity (Wildman–Crippen MR) is 73.9 cm³/mol. The van der Waals surface area contributed by atoms with Gasteiger partial charge in [0.15, 0.2) is 0 Å². The van der Waals surface area contributed by atoms with E-state index in [0.717, 1.165) is 18.5 Å². The van der Waals surface area contributed by atoms with E-state index in [4.69, 9.17) is 0 Å². The molecule has 94 valence electrons. The minimum atomic E-state index is 0.305. The Morgan fingerprint density at radius 3 is 2.53 bits per heavy atom. The minimum Gasteiger partial charge on any atom is -0.507 e. The number of para-hydroxylation sites is 1. The van der Waals surface area contributed by atoms with E-state index in [2.05, 4.69) is 11.9 Å². The first kappa shape index (κ1) is 13.8. The molecular weight excluding hydrogens is 210 g/mol. The smallest absolute Gasteiger partial charge is 0.124 e. The number of hydrogen-bond acceptors (Lipinski definition) is 2. The van der Waals surface area contributed by atoms with Crippen LogP contribution in [0.2, 0.25) is 0 Å². The maximum atomic E-state index is 9.52. The largest absolute Gasteiger partial charge is 0.507 e. The van der Waals surface area contributed by atoms with Crippen molar-refractivity contribution in [3.05, 3.63) is 29.8 Å². The van der Waals surface area contributed by atoms with Crippen molar-refractivity contribution in [2.24, 2.45) is 4.99 Å². The number of benzene rings is 1. The van der Waals surface area contributed by atoms with Gasteiger partial charge < -0.3 is 5.11 Å². The second-order valence-corrected chi connectivity index (χ2v) is 4.36. The molecule has 0 aliphatic rings. The Morgan fingerprint density at radius 1 is 1.06 bits per heavy atom. The van der Waals surface area contributed by atoms with Crippen molar-refractivity contribution in [2.75, 3.05) is 6.54 Å². The van der Waals surface area contributed by atoms with Crippen LogP contribution in [-0.2, 0) is 0 Å². The highest BCUT2D eigenvalue weighted by Gasteiger charge is 1.94. The Bertz CT molecular complexity index is 333. The number of aliphatic imine (C=N–C) groups is 1. The zero-order chi connectivity index (χ0) is 12.3. The lowest BCUT2D eigenvalue weighted by molar-refractivity contribution is 0.474. The van der Waals surface area contributed by atoms with Gasteiger partial charge in [-0.25, -0.2) is 0 Å². The molecule has 1 rings (SSSR count). The summed E-state index contributed by atoms with van der Waals surface area (Å²) < 4.78 is 0. The highest BCUT2D eigenvalue weighted by atomic mass is 16.3. The number of phenolic OH excluding ortho intramolecular Hbond substituents is 1. The summed E-state index contributed by atoms with van der Waals surface area (Å²) in [5, 5.41) is 9.52. The van der Waals surface area contributed by atoms with Crippen LogP contribution in [0.3, 0.4) is 0 Å². The highest BCUT2D eigenvalue weighted by molar-refractivity contribution is 5.83. The van der Waals surface area contributed by atoms with Crippen LogP contribution >= 0.6 is 0 Å². The fourth-order valence-corrected chi connectivity index (χ4v) is 1.74. The lowest BCUT2D eigenvalue weighted by Gasteiger charge is -1.99. The second kappa shape index (κ2) is 8.80. The molecule has 0 fully saturated rings. The van der Waals surface area contributed by atoms with Crippen molar-refractivity contribution >= 4 is 6.21 Å². The Labute approximate surface area is 104 Å². The van der Waals surface area contributed by atoms with Crippen LogP contribution in [0.15, 0.2) is 29.3 Å². The Kier molecular flexibility index (Phi) is 7.12. The first-order chi connectivity index (χ1) is 8.34. The molecule has 0 saturated heterocycles. The number of hydrogen-bond donors (Lipinski definition) is 1. The summed E-state index contributed by atoms with van der Waals surface area (Å²) in [6.07, 6.45) is 9.49. The molecule has 0 aliphatic carbocycles. The zero-order valence-electron chi connectivity index (χ0n) is 10.7. The van der Waals surface area contributed by atoms with Gasteiger partial charge in [-0.05, 0) is 18.6 Å². The van der Waals surface area contributed by atoms with E-state index < -0.39 is 0 Å². The average Bonchev–Trinajstić information content (AvgIpc) is 2.35. The lowest BCUT2D eigenvalue weighted by atomic mass is 10.1. The molecule has 0 bridgehead atoms. The van der Waals surface area contributed by atoms with Crippen LogP contribution < -0.4 is 0 Å². The van der Waals surface area contributed by atoms with E-state index in [9.17, 15) is 5.11 Å². The summed E-state index contributed by atoms with van der Waals surface area (Å²) in [5.74, 6) is 0.305. The molecule has 0 aromatic heterocycles. The molecule has 0 spiro atoms. The highest BCUT2D eigenvalue weighted by Crippen LogP contribution is 2.12. The third kappa shape index (κ3) is 6.10. The SMILES string of the molecule is CCCCCCCCN=Cc1ccccc1O. The summed E-state index contributed by atoms with van der Waals surface area (Å²) in [6.45, 7) is 3.09. The van der Waals surface area contributed by atoms with Crippen molar-refractivity contribution in [3.63, 3.8) is 0 Å². The second-order valence-electron chi connectivity index (χ2n) is 4.36.